The highest BCUT2D eigenvalue weighted by atomic mass is 127. The van der Waals surface area contributed by atoms with Gasteiger partial charge in [-0.2, -0.15) is 0 Å². The van der Waals surface area contributed by atoms with Crippen molar-refractivity contribution in [2.24, 2.45) is 0 Å². The number of H-pyrrole nitrogens is 1. The van der Waals surface area contributed by atoms with E-state index in [1.807, 2.05) is 18.2 Å². The molecule has 0 radical (unpaired) electrons. The Bertz CT molecular complexity index is 1210. The van der Waals surface area contributed by atoms with Crippen LogP contribution in [0, 0.1) is 0 Å². The van der Waals surface area contributed by atoms with Gasteiger partial charge < -0.3 is 15.6 Å². The van der Waals surface area contributed by atoms with E-state index < -0.39 is 0 Å². The Balaban J connectivity index is 1.49. The van der Waals surface area contributed by atoms with Crippen molar-refractivity contribution in [2.75, 3.05) is 4.55 Å². The minimum absolute atomic E-state index is 0.115. The molecule has 3 N–H and O–H groups in total. The van der Waals surface area contributed by atoms with Gasteiger partial charge in [0, 0.05) is 41.1 Å². The van der Waals surface area contributed by atoms with Gasteiger partial charge in [-0.05, 0) is 35.2 Å². The summed E-state index contributed by atoms with van der Waals surface area (Å²) in [6, 6.07) is 14.6. The van der Waals surface area contributed by atoms with E-state index in [4.69, 9.17) is 0 Å². The maximum Gasteiger partial charge on any atom is 0.270 e. The maximum atomic E-state index is 12.5. The second-order valence-electron chi connectivity index (χ2n) is 6.37. The SMILES string of the molecule is O=C(NCc1ccc2cc(CNCI)[nH]c2c1)c1cc(=O)n2ccccc2n1. The van der Waals surface area contributed by atoms with Gasteiger partial charge in [-0.25, -0.2) is 4.98 Å². The van der Waals surface area contributed by atoms with E-state index in [9.17, 15) is 9.59 Å². The number of benzene rings is 1. The number of nitrogens with zero attached hydrogens (tertiary/aromatic N) is 2. The Kier molecular flexibility index (Phi) is 5.40. The summed E-state index contributed by atoms with van der Waals surface area (Å²) in [5.41, 5.74) is 3.39. The molecule has 0 fully saturated rings. The maximum absolute atomic E-state index is 12.5. The van der Waals surface area contributed by atoms with Crippen LogP contribution in [-0.4, -0.2) is 24.8 Å². The van der Waals surface area contributed by atoms with Gasteiger partial charge in [-0.1, -0.05) is 40.8 Å². The average Bonchev–Trinajstić information content (AvgIpc) is 3.12. The summed E-state index contributed by atoms with van der Waals surface area (Å²) in [4.78, 5) is 32.2. The van der Waals surface area contributed by atoms with Gasteiger partial charge in [0.2, 0.25) is 0 Å². The van der Waals surface area contributed by atoms with Gasteiger partial charge in [0.1, 0.15) is 11.3 Å². The minimum atomic E-state index is -0.373. The Morgan fingerprint density at radius 3 is 2.89 bits per heavy atom. The zero-order valence-electron chi connectivity index (χ0n) is 14.9. The zero-order valence-corrected chi connectivity index (χ0v) is 17.1. The van der Waals surface area contributed by atoms with Gasteiger partial charge in [-0.3, -0.25) is 14.0 Å². The van der Waals surface area contributed by atoms with Crippen molar-refractivity contribution in [1.82, 2.24) is 25.0 Å². The Labute approximate surface area is 174 Å². The van der Waals surface area contributed by atoms with Crippen LogP contribution in [0.25, 0.3) is 16.6 Å². The van der Waals surface area contributed by atoms with Crippen molar-refractivity contribution in [1.29, 1.82) is 0 Å². The highest BCUT2D eigenvalue weighted by Crippen LogP contribution is 2.17. The van der Waals surface area contributed by atoms with Gasteiger partial charge in [0.05, 0.1) is 0 Å². The molecule has 4 aromatic rings. The van der Waals surface area contributed by atoms with Crippen LogP contribution in [0.3, 0.4) is 0 Å². The summed E-state index contributed by atoms with van der Waals surface area (Å²) in [5, 5.41) is 7.25. The number of hydrogen-bond acceptors (Lipinski definition) is 4. The molecule has 0 saturated heterocycles. The fraction of sp³-hybridized carbons (Fsp3) is 0.150. The van der Waals surface area contributed by atoms with E-state index in [1.54, 1.807) is 24.4 Å². The second kappa shape index (κ2) is 8.11. The number of amides is 1. The third-order valence-corrected chi connectivity index (χ3v) is 4.95. The zero-order chi connectivity index (χ0) is 19.5. The largest absolute Gasteiger partial charge is 0.357 e. The van der Waals surface area contributed by atoms with Crippen LogP contribution in [0.2, 0.25) is 0 Å². The van der Waals surface area contributed by atoms with Crippen LogP contribution < -0.4 is 16.2 Å². The molecular weight excluding hydrogens is 469 g/mol. The predicted molar refractivity (Wildman–Crippen MR) is 117 cm³/mol. The number of aromatic nitrogens is 3. The van der Waals surface area contributed by atoms with Gasteiger partial charge in [0.15, 0.2) is 0 Å². The number of aromatic amines is 1. The van der Waals surface area contributed by atoms with Crippen LogP contribution in [0.5, 0.6) is 0 Å². The van der Waals surface area contributed by atoms with E-state index in [0.717, 1.165) is 33.3 Å². The normalized spacial score (nSPS) is 11.2. The van der Waals surface area contributed by atoms with Gasteiger partial charge in [0.25, 0.3) is 11.5 Å². The number of carbonyl (C=O) groups is 1. The molecule has 28 heavy (non-hydrogen) atoms. The molecule has 1 aromatic carbocycles. The van der Waals surface area contributed by atoms with Gasteiger partial charge in [-0.15, -0.1) is 0 Å². The third-order valence-electron chi connectivity index (χ3n) is 4.41. The first-order chi connectivity index (χ1) is 13.6. The number of hydrogen-bond donors (Lipinski definition) is 3. The van der Waals surface area contributed by atoms with Crippen molar-refractivity contribution >= 4 is 45.0 Å². The molecule has 0 aliphatic carbocycles. The number of rotatable bonds is 6. The summed E-state index contributed by atoms with van der Waals surface area (Å²) >= 11 is 2.28. The quantitative estimate of drug-likeness (QED) is 0.222. The number of halogens is 1. The van der Waals surface area contributed by atoms with Crippen molar-refractivity contribution < 1.29 is 4.79 Å². The molecule has 8 heteroatoms. The Morgan fingerprint density at radius 1 is 1.14 bits per heavy atom. The summed E-state index contributed by atoms with van der Waals surface area (Å²) in [6.45, 7) is 1.14. The number of pyridine rings is 1. The lowest BCUT2D eigenvalue weighted by molar-refractivity contribution is 0.0946. The van der Waals surface area contributed by atoms with E-state index in [1.165, 1.54) is 10.5 Å². The van der Waals surface area contributed by atoms with Crippen molar-refractivity contribution in [3.05, 3.63) is 82.0 Å². The standard InChI is InChI=1S/C20H18IN5O2/c21-12-22-11-15-8-14-5-4-13(7-16(14)24-15)10-23-20(28)17-9-19(27)26-6-2-1-3-18(26)25-17/h1-9,22,24H,10-12H2,(H,23,28). The third kappa shape index (κ3) is 3.92. The lowest BCUT2D eigenvalue weighted by atomic mass is 10.1. The first-order valence-electron chi connectivity index (χ1n) is 8.78. The smallest absolute Gasteiger partial charge is 0.270 e. The molecule has 0 bridgehead atoms. The van der Waals surface area contributed by atoms with Crippen LogP contribution in [0.4, 0.5) is 0 Å². The second-order valence-corrected chi connectivity index (χ2v) is 7.13. The lowest BCUT2D eigenvalue weighted by Gasteiger charge is -2.06. The molecule has 1 amide bonds. The molecule has 0 aliphatic heterocycles. The Hall–Kier alpha value is -2.72. The van der Waals surface area contributed by atoms with Crippen LogP contribution in [-0.2, 0) is 13.1 Å². The summed E-state index contributed by atoms with van der Waals surface area (Å²) in [7, 11) is 0. The first kappa shape index (κ1) is 18.6. The van der Waals surface area contributed by atoms with E-state index in [-0.39, 0.29) is 17.2 Å². The average molecular weight is 487 g/mol. The molecule has 0 unspecified atom stereocenters. The molecule has 4 rings (SSSR count). The van der Waals surface area contributed by atoms with Crippen LogP contribution in [0.1, 0.15) is 21.7 Å². The lowest BCUT2D eigenvalue weighted by Crippen LogP contribution is -2.26. The van der Waals surface area contributed by atoms with E-state index >= 15 is 0 Å². The molecule has 0 atom stereocenters. The van der Waals surface area contributed by atoms with Crippen molar-refractivity contribution in [2.45, 2.75) is 13.1 Å². The van der Waals surface area contributed by atoms with Crippen LogP contribution >= 0.6 is 22.6 Å². The fourth-order valence-electron chi connectivity index (χ4n) is 3.06. The molecule has 0 saturated carbocycles. The molecular formula is C20H18IN5O2. The highest BCUT2D eigenvalue weighted by Gasteiger charge is 2.10. The topological polar surface area (TPSA) is 91.3 Å². The minimum Gasteiger partial charge on any atom is -0.357 e. The predicted octanol–water partition coefficient (Wildman–Crippen LogP) is 2.59. The van der Waals surface area contributed by atoms with Crippen LogP contribution in [0.15, 0.2) is 59.5 Å². The molecule has 3 aromatic heterocycles. The number of fused-ring (bicyclic) bond motifs is 2. The molecule has 3 heterocycles. The Morgan fingerprint density at radius 2 is 2.04 bits per heavy atom. The molecule has 0 aliphatic rings. The van der Waals surface area contributed by atoms with E-state index in [0.29, 0.717) is 12.2 Å². The highest BCUT2D eigenvalue weighted by molar-refractivity contribution is 14.1. The molecule has 142 valence electrons. The van der Waals surface area contributed by atoms with E-state index in [2.05, 4.69) is 49.3 Å². The first-order valence-corrected chi connectivity index (χ1v) is 10.3. The fourth-order valence-corrected chi connectivity index (χ4v) is 3.33. The summed E-state index contributed by atoms with van der Waals surface area (Å²) in [5.74, 6) is -0.373. The number of nitrogens with one attached hydrogen (secondary N) is 3. The van der Waals surface area contributed by atoms with Crippen molar-refractivity contribution in [3.8, 4) is 0 Å². The molecule has 0 spiro atoms. The monoisotopic (exact) mass is 487 g/mol. The molecule has 7 nitrogen and oxygen atoms in total. The summed E-state index contributed by atoms with van der Waals surface area (Å²) < 4.78 is 2.29. The number of alkyl halides is 1. The summed E-state index contributed by atoms with van der Waals surface area (Å²) in [6.07, 6.45) is 1.63. The van der Waals surface area contributed by atoms with Gasteiger partial charge >= 0.3 is 0 Å². The van der Waals surface area contributed by atoms with Crippen molar-refractivity contribution in [3.63, 3.8) is 0 Å². The number of carbonyl (C=O) groups excluding carboxylic acids is 1.